The van der Waals surface area contributed by atoms with E-state index in [4.69, 9.17) is 5.11 Å². The van der Waals surface area contributed by atoms with Crippen molar-refractivity contribution in [2.45, 2.75) is 19.8 Å². The molecule has 2 heteroatoms. The van der Waals surface area contributed by atoms with E-state index in [-0.39, 0.29) is 0 Å². The third-order valence-corrected chi connectivity index (χ3v) is 2.55. The summed E-state index contributed by atoms with van der Waals surface area (Å²) in [6, 6.07) is 2.15. The van der Waals surface area contributed by atoms with E-state index < -0.39 is 0 Å². The molecule has 0 bridgehead atoms. The van der Waals surface area contributed by atoms with E-state index in [9.17, 15) is 0 Å². The molecule has 1 N–H and O–H groups in total. The molecule has 1 unspecified atom stereocenters. The predicted molar refractivity (Wildman–Crippen MR) is 48.9 cm³/mol. The van der Waals surface area contributed by atoms with Crippen LogP contribution in [0.15, 0.2) is 16.8 Å². The average Bonchev–Trinajstić information content (AvgIpc) is 2.52. The van der Waals surface area contributed by atoms with Crippen molar-refractivity contribution in [3.05, 3.63) is 22.4 Å². The van der Waals surface area contributed by atoms with E-state index in [1.165, 1.54) is 5.56 Å². The summed E-state index contributed by atoms with van der Waals surface area (Å²) in [4.78, 5) is 0. The highest BCUT2D eigenvalue weighted by atomic mass is 32.1. The Labute approximate surface area is 71.7 Å². The molecule has 0 aliphatic heterocycles. The van der Waals surface area contributed by atoms with Gasteiger partial charge < -0.3 is 5.11 Å². The fourth-order valence-corrected chi connectivity index (χ4v) is 1.64. The first-order valence-electron chi connectivity index (χ1n) is 3.95. The lowest BCUT2D eigenvalue weighted by molar-refractivity contribution is 0.230. The minimum Gasteiger partial charge on any atom is -0.396 e. The second-order valence-electron chi connectivity index (χ2n) is 2.96. The van der Waals surface area contributed by atoms with Gasteiger partial charge in [-0.1, -0.05) is 6.92 Å². The van der Waals surface area contributed by atoms with Crippen molar-refractivity contribution in [2.24, 2.45) is 5.92 Å². The average molecular weight is 170 g/mol. The van der Waals surface area contributed by atoms with Crippen LogP contribution >= 0.6 is 11.3 Å². The molecule has 1 aromatic heterocycles. The van der Waals surface area contributed by atoms with Gasteiger partial charge >= 0.3 is 0 Å². The SMILES string of the molecule is CC(CO)CCc1ccsc1. The Kier molecular flexibility index (Phi) is 3.60. The second kappa shape index (κ2) is 4.52. The van der Waals surface area contributed by atoms with Crippen LogP contribution in [0.25, 0.3) is 0 Å². The van der Waals surface area contributed by atoms with E-state index >= 15 is 0 Å². The van der Waals surface area contributed by atoms with Crippen molar-refractivity contribution in [3.63, 3.8) is 0 Å². The summed E-state index contributed by atoms with van der Waals surface area (Å²) >= 11 is 1.74. The highest BCUT2D eigenvalue weighted by molar-refractivity contribution is 7.07. The Morgan fingerprint density at radius 1 is 1.64 bits per heavy atom. The molecule has 1 aromatic rings. The van der Waals surface area contributed by atoms with Crippen LogP contribution in [0, 0.1) is 5.92 Å². The van der Waals surface area contributed by atoms with Gasteiger partial charge in [0.15, 0.2) is 0 Å². The molecule has 0 radical (unpaired) electrons. The van der Waals surface area contributed by atoms with Gasteiger partial charge in [-0.05, 0) is 41.1 Å². The summed E-state index contributed by atoms with van der Waals surface area (Å²) in [5, 5.41) is 13.0. The van der Waals surface area contributed by atoms with E-state index in [2.05, 4.69) is 23.8 Å². The van der Waals surface area contributed by atoms with E-state index in [1.54, 1.807) is 11.3 Å². The predicted octanol–water partition coefficient (Wildman–Crippen LogP) is 2.31. The third-order valence-electron chi connectivity index (χ3n) is 1.82. The van der Waals surface area contributed by atoms with Crippen LogP contribution < -0.4 is 0 Å². The molecular weight excluding hydrogens is 156 g/mol. The van der Waals surface area contributed by atoms with Crippen LogP contribution in [0.3, 0.4) is 0 Å². The van der Waals surface area contributed by atoms with Crippen LogP contribution in [-0.2, 0) is 6.42 Å². The molecule has 0 fully saturated rings. The summed E-state index contributed by atoms with van der Waals surface area (Å²) in [5.74, 6) is 0.440. The molecule has 0 aromatic carbocycles. The van der Waals surface area contributed by atoms with Gasteiger partial charge in [0.2, 0.25) is 0 Å². The molecular formula is C9H14OS. The van der Waals surface area contributed by atoms with Crippen molar-refractivity contribution in [1.82, 2.24) is 0 Å². The first kappa shape index (κ1) is 8.75. The van der Waals surface area contributed by atoms with Gasteiger partial charge in [0.25, 0.3) is 0 Å². The Balaban J connectivity index is 2.23. The Hall–Kier alpha value is -0.340. The van der Waals surface area contributed by atoms with Gasteiger partial charge in [0, 0.05) is 6.61 Å². The smallest absolute Gasteiger partial charge is 0.0456 e. The molecule has 0 spiro atoms. The number of aryl methyl sites for hydroxylation is 1. The summed E-state index contributed by atoms with van der Waals surface area (Å²) in [5.41, 5.74) is 1.40. The molecule has 1 nitrogen and oxygen atoms in total. The minimum atomic E-state index is 0.310. The lowest BCUT2D eigenvalue weighted by atomic mass is 10.0. The fourth-order valence-electron chi connectivity index (χ4n) is 0.939. The molecule has 0 saturated heterocycles. The van der Waals surface area contributed by atoms with Gasteiger partial charge in [-0.2, -0.15) is 11.3 Å². The van der Waals surface area contributed by atoms with Crippen molar-refractivity contribution in [2.75, 3.05) is 6.61 Å². The monoisotopic (exact) mass is 170 g/mol. The standard InChI is InChI=1S/C9H14OS/c1-8(6-10)2-3-9-4-5-11-7-9/h4-5,7-8,10H,2-3,6H2,1H3. The number of aliphatic hydroxyl groups is 1. The molecule has 1 atom stereocenters. The molecule has 1 rings (SSSR count). The number of hydrogen-bond donors (Lipinski definition) is 1. The molecule has 0 saturated carbocycles. The third kappa shape index (κ3) is 3.04. The van der Waals surface area contributed by atoms with Crippen LogP contribution in [0.1, 0.15) is 18.9 Å². The van der Waals surface area contributed by atoms with Gasteiger partial charge in [-0.25, -0.2) is 0 Å². The second-order valence-corrected chi connectivity index (χ2v) is 3.74. The highest BCUT2D eigenvalue weighted by Gasteiger charge is 2.00. The topological polar surface area (TPSA) is 20.2 Å². The summed E-state index contributed by atoms with van der Waals surface area (Å²) in [7, 11) is 0. The van der Waals surface area contributed by atoms with E-state index in [1.807, 2.05) is 0 Å². The van der Waals surface area contributed by atoms with Crippen LogP contribution in [0.5, 0.6) is 0 Å². The molecule has 0 amide bonds. The minimum absolute atomic E-state index is 0.310. The molecule has 62 valence electrons. The van der Waals surface area contributed by atoms with Gasteiger partial charge in [0.05, 0.1) is 0 Å². The molecule has 0 aliphatic carbocycles. The van der Waals surface area contributed by atoms with Crippen molar-refractivity contribution < 1.29 is 5.11 Å². The highest BCUT2D eigenvalue weighted by Crippen LogP contribution is 2.11. The Morgan fingerprint density at radius 2 is 2.45 bits per heavy atom. The van der Waals surface area contributed by atoms with Crippen LogP contribution in [-0.4, -0.2) is 11.7 Å². The lowest BCUT2D eigenvalue weighted by Crippen LogP contribution is -2.01. The number of rotatable bonds is 4. The fraction of sp³-hybridized carbons (Fsp3) is 0.556. The number of thiophene rings is 1. The summed E-state index contributed by atoms with van der Waals surface area (Å²) in [6.07, 6.45) is 2.19. The molecule has 0 aliphatic rings. The van der Waals surface area contributed by atoms with Crippen molar-refractivity contribution in [1.29, 1.82) is 0 Å². The zero-order chi connectivity index (χ0) is 8.10. The lowest BCUT2D eigenvalue weighted by Gasteiger charge is -2.04. The first-order chi connectivity index (χ1) is 5.33. The van der Waals surface area contributed by atoms with Crippen molar-refractivity contribution in [3.8, 4) is 0 Å². The zero-order valence-electron chi connectivity index (χ0n) is 6.79. The van der Waals surface area contributed by atoms with Crippen LogP contribution in [0.2, 0.25) is 0 Å². The summed E-state index contributed by atoms with van der Waals surface area (Å²) < 4.78 is 0. The maximum atomic E-state index is 8.77. The number of aliphatic hydroxyl groups excluding tert-OH is 1. The summed E-state index contributed by atoms with van der Waals surface area (Å²) in [6.45, 7) is 2.39. The van der Waals surface area contributed by atoms with Gasteiger partial charge in [-0.3, -0.25) is 0 Å². The quantitative estimate of drug-likeness (QED) is 0.735. The Morgan fingerprint density at radius 3 is 3.00 bits per heavy atom. The van der Waals surface area contributed by atoms with Crippen LogP contribution in [0.4, 0.5) is 0 Å². The van der Waals surface area contributed by atoms with Crippen molar-refractivity contribution >= 4 is 11.3 Å². The molecule has 11 heavy (non-hydrogen) atoms. The largest absolute Gasteiger partial charge is 0.396 e. The number of hydrogen-bond acceptors (Lipinski definition) is 2. The maximum absolute atomic E-state index is 8.77. The Bertz CT molecular complexity index is 181. The first-order valence-corrected chi connectivity index (χ1v) is 4.89. The van der Waals surface area contributed by atoms with E-state index in [0.29, 0.717) is 12.5 Å². The zero-order valence-corrected chi connectivity index (χ0v) is 7.60. The van der Waals surface area contributed by atoms with E-state index in [0.717, 1.165) is 12.8 Å². The van der Waals surface area contributed by atoms with Gasteiger partial charge in [0.1, 0.15) is 0 Å². The normalized spacial score (nSPS) is 13.3. The maximum Gasteiger partial charge on any atom is 0.0456 e. The van der Waals surface area contributed by atoms with Gasteiger partial charge in [-0.15, -0.1) is 0 Å². The molecule has 1 heterocycles.